The first-order valence-corrected chi connectivity index (χ1v) is 4.89. The fourth-order valence-corrected chi connectivity index (χ4v) is 1.36. The Bertz CT molecular complexity index is 331. The van der Waals surface area contributed by atoms with Crippen molar-refractivity contribution in [2.24, 2.45) is 0 Å². The van der Waals surface area contributed by atoms with Gasteiger partial charge in [0.1, 0.15) is 5.69 Å². The Kier molecular flexibility index (Phi) is 3.51. The molecule has 0 unspecified atom stereocenters. The SMILES string of the molecule is CC.CN1C=[N+](C)[N-]c2ccccc21. The summed E-state index contributed by atoms with van der Waals surface area (Å²) in [6, 6.07) is 8.08. The first-order valence-electron chi connectivity index (χ1n) is 4.89. The summed E-state index contributed by atoms with van der Waals surface area (Å²) in [4.78, 5) is 2.06. The van der Waals surface area contributed by atoms with Crippen LogP contribution in [-0.4, -0.2) is 25.1 Å². The maximum atomic E-state index is 4.33. The van der Waals surface area contributed by atoms with Gasteiger partial charge in [0, 0.05) is 0 Å². The van der Waals surface area contributed by atoms with Crippen molar-refractivity contribution in [3.63, 3.8) is 0 Å². The third-order valence-electron chi connectivity index (χ3n) is 1.87. The second kappa shape index (κ2) is 4.65. The molecule has 0 atom stereocenters. The van der Waals surface area contributed by atoms with Gasteiger partial charge in [-0.3, -0.25) is 0 Å². The predicted octanol–water partition coefficient (Wildman–Crippen LogP) is 2.75. The van der Waals surface area contributed by atoms with Crippen molar-refractivity contribution in [3.05, 3.63) is 29.7 Å². The second-order valence-corrected chi connectivity index (χ2v) is 2.89. The maximum Gasteiger partial charge on any atom is 0.229 e. The lowest BCUT2D eigenvalue weighted by atomic mass is 10.2. The second-order valence-electron chi connectivity index (χ2n) is 2.89. The van der Waals surface area contributed by atoms with E-state index in [4.69, 9.17) is 0 Å². The molecule has 14 heavy (non-hydrogen) atoms. The highest BCUT2D eigenvalue weighted by atomic mass is 15.5. The summed E-state index contributed by atoms with van der Waals surface area (Å²) in [5, 5.41) is 0. The van der Waals surface area contributed by atoms with E-state index in [1.165, 1.54) is 0 Å². The Morgan fingerprint density at radius 1 is 1.21 bits per heavy atom. The van der Waals surface area contributed by atoms with Gasteiger partial charge in [-0.25, -0.2) is 4.90 Å². The average molecular weight is 191 g/mol. The standard InChI is InChI=1S/C9H11N3.C2H6/c1-11-7-12(2)10-8-5-3-4-6-9(8)11;1-2/h3-7H,1-2H3;1-2H3. The van der Waals surface area contributed by atoms with Crippen LogP contribution in [0.3, 0.4) is 0 Å². The van der Waals surface area contributed by atoms with Crippen molar-refractivity contribution >= 4 is 17.7 Å². The Labute approximate surface area is 85.6 Å². The van der Waals surface area contributed by atoms with Gasteiger partial charge in [0.25, 0.3) is 0 Å². The third kappa shape index (κ3) is 2.05. The number of hydrogen-bond acceptors (Lipinski definition) is 1. The summed E-state index contributed by atoms with van der Waals surface area (Å²) in [6.07, 6.45) is 1.95. The van der Waals surface area contributed by atoms with Crippen molar-refractivity contribution in [3.8, 4) is 0 Å². The molecule has 1 heterocycles. The molecule has 3 heteroatoms. The van der Waals surface area contributed by atoms with E-state index in [1.54, 1.807) is 0 Å². The minimum Gasteiger partial charge on any atom is -0.496 e. The molecule has 1 aromatic rings. The van der Waals surface area contributed by atoms with Crippen LogP contribution in [0.5, 0.6) is 0 Å². The van der Waals surface area contributed by atoms with Gasteiger partial charge in [-0.2, -0.15) is 0 Å². The first-order chi connectivity index (χ1) is 6.77. The molecular formula is C11H17N3. The average Bonchev–Trinajstić information content (AvgIpc) is 2.20. The van der Waals surface area contributed by atoms with Gasteiger partial charge in [-0.05, 0) is 6.07 Å². The van der Waals surface area contributed by atoms with E-state index in [-0.39, 0.29) is 0 Å². The molecule has 0 bridgehead atoms. The molecule has 0 spiro atoms. The Morgan fingerprint density at radius 3 is 2.57 bits per heavy atom. The number of anilines is 1. The molecule has 2 rings (SSSR count). The number of para-hydroxylation sites is 1. The van der Waals surface area contributed by atoms with Crippen LogP contribution in [0.1, 0.15) is 13.8 Å². The Hall–Kier alpha value is -1.51. The molecule has 76 valence electrons. The monoisotopic (exact) mass is 191 g/mol. The minimum absolute atomic E-state index is 1.02. The predicted molar refractivity (Wildman–Crippen MR) is 61.5 cm³/mol. The summed E-state index contributed by atoms with van der Waals surface area (Å²) < 4.78 is 1.81. The number of hydrogen-bond donors (Lipinski definition) is 0. The zero-order valence-corrected chi connectivity index (χ0v) is 9.23. The summed E-state index contributed by atoms with van der Waals surface area (Å²) in [7, 11) is 3.94. The Morgan fingerprint density at radius 2 is 1.86 bits per heavy atom. The van der Waals surface area contributed by atoms with Crippen molar-refractivity contribution < 1.29 is 4.68 Å². The quantitative estimate of drug-likeness (QED) is 0.577. The lowest BCUT2D eigenvalue weighted by molar-refractivity contribution is -0.434. The maximum absolute atomic E-state index is 4.33. The van der Waals surface area contributed by atoms with E-state index < -0.39 is 0 Å². The smallest absolute Gasteiger partial charge is 0.229 e. The molecule has 0 amide bonds. The van der Waals surface area contributed by atoms with Crippen LogP contribution in [-0.2, 0) is 0 Å². The van der Waals surface area contributed by atoms with Crippen LogP contribution >= 0.6 is 0 Å². The molecule has 0 saturated carbocycles. The van der Waals surface area contributed by atoms with Crippen molar-refractivity contribution in [2.45, 2.75) is 13.8 Å². The van der Waals surface area contributed by atoms with E-state index >= 15 is 0 Å². The fourth-order valence-electron chi connectivity index (χ4n) is 1.36. The molecule has 0 aromatic heterocycles. The van der Waals surface area contributed by atoms with Gasteiger partial charge in [0.2, 0.25) is 6.34 Å². The molecular weight excluding hydrogens is 174 g/mol. The van der Waals surface area contributed by atoms with E-state index in [1.807, 2.05) is 57.2 Å². The first kappa shape index (κ1) is 10.6. The van der Waals surface area contributed by atoms with Crippen LogP contribution < -0.4 is 4.90 Å². The van der Waals surface area contributed by atoms with Crippen LogP contribution in [0, 0.1) is 0 Å². The molecule has 1 aliphatic heterocycles. The summed E-state index contributed by atoms with van der Waals surface area (Å²) in [5.74, 6) is 0. The van der Waals surface area contributed by atoms with Crippen molar-refractivity contribution in [2.75, 3.05) is 19.0 Å². The van der Waals surface area contributed by atoms with E-state index in [9.17, 15) is 0 Å². The van der Waals surface area contributed by atoms with Gasteiger partial charge in [-0.15, -0.1) is 0 Å². The molecule has 3 nitrogen and oxygen atoms in total. The topological polar surface area (TPSA) is 20.4 Å². The summed E-state index contributed by atoms with van der Waals surface area (Å²) in [5.41, 5.74) is 6.50. The van der Waals surface area contributed by atoms with Gasteiger partial charge < -0.3 is 10.1 Å². The van der Waals surface area contributed by atoms with Crippen LogP contribution in [0.2, 0.25) is 0 Å². The van der Waals surface area contributed by atoms with Crippen LogP contribution in [0.25, 0.3) is 5.43 Å². The highest BCUT2D eigenvalue weighted by Gasteiger charge is 2.09. The molecule has 0 N–H and O–H groups in total. The van der Waals surface area contributed by atoms with Crippen molar-refractivity contribution in [1.82, 2.24) is 0 Å². The lowest BCUT2D eigenvalue weighted by Crippen LogP contribution is -2.24. The highest BCUT2D eigenvalue weighted by molar-refractivity contribution is 5.86. The van der Waals surface area contributed by atoms with Crippen LogP contribution in [0.15, 0.2) is 24.3 Å². The van der Waals surface area contributed by atoms with E-state index in [2.05, 4.69) is 16.4 Å². The van der Waals surface area contributed by atoms with Gasteiger partial charge in [0.05, 0.1) is 14.1 Å². The zero-order valence-electron chi connectivity index (χ0n) is 9.23. The molecule has 0 fully saturated rings. The van der Waals surface area contributed by atoms with Crippen molar-refractivity contribution in [1.29, 1.82) is 0 Å². The van der Waals surface area contributed by atoms with E-state index in [0.29, 0.717) is 0 Å². The number of rotatable bonds is 0. The summed E-state index contributed by atoms with van der Waals surface area (Å²) >= 11 is 0. The molecule has 1 aromatic carbocycles. The molecule has 0 radical (unpaired) electrons. The van der Waals surface area contributed by atoms with Gasteiger partial charge in [0.15, 0.2) is 0 Å². The number of benzene rings is 1. The molecule has 0 aliphatic carbocycles. The van der Waals surface area contributed by atoms with Gasteiger partial charge >= 0.3 is 0 Å². The fraction of sp³-hybridized carbons (Fsp3) is 0.364. The van der Waals surface area contributed by atoms with Gasteiger partial charge in [-0.1, -0.05) is 37.7 Å². The zero-order chi connectivity index (χ0) is 10.6. The minimum atomic E-state index is 1.02. The number of fused-ring (bicyclic) bond motifs is 1. The summed E-state index contributed by atoms with van der Waals surface area (Å²) in [6.45, 7) is 4.00. The highest BCUT2D eigenvalue weighted by Crippen LogP contribution is 2.32. The molecule has 1 aliphatic rings. The Balaban J connectivity index is 0.000000461. The normalized spacial score (nSPS) is 13.1. The number of nitrogens with zero attached hydrogens (tertiary/aromatic N) is 3. The third-order valence-corrected chi connectivity index (χ3v) is 1.87. The largest absolute Gasteiger partial charge is 0.496 e. The molecule has 0 saturated heterocycles. The lowest BCUT2D eigenvalue weighted by Gasteiger charge is -2.29. The van der Waals surface area contributed by atoms with E-state index in [0.717, 1.165) is 11.4 Å². The van der Waals surface area contributed by atoms with Crippen LogP contribution in [0.4, 0.5) is 11.4 Å².